The van der Waals surface area contributed by atoms with Crippen LogP contribution in [0.1, 0.15) is 51.9 Å². The molecule has 1 amide bonds. The number of nitrogens with one attached hydrogen (secondary N) is 1. The zero-order chi connectivity index (χ0) is 19.3. The number of hydrogen-bond acceptors (Lipinski definition) is 2. The quantitative estimate of drug-likeness (QED) is 0.503. The van der Waals surface area contributed by atoms with Crippen molar-refractivity contribution >= 4 is 11.8 Å². The first-order valence-corrected chi connectivity index (χ1v) is 10.3. The first kappa shape index (κ1) is 20.1. The van der Waals surface area contributed by atoms with Gasteiger partial charge in [0.2, 0.25) is 0 Å². The van der Waals surface area contributed by atoms with E-state index in [1.54, 1.807) is 0 Å². The molecule has 0 radical (unpaired) electrons. The highest BCUT2D eigenvalue weighted by atomic mass is 19.1. The minimum atomic E-state index is -0.795. The van der Waals surface area contributed by atoms with Crippen LogP contribution in [0.5, 0.6) is 0 Å². The molecular formula is C21H31F2N2O2+. The lowest BCUT2D eigenvalue weighted by atomic mass is 9.83. The van der Waals surface area contributed by atoms with Crippen molar-refractivity contribution in [2.24, 2.45) is 5.92 Å². The second kappa shape index (κ2) is 9.00. The maximum atomic E-state index is 13.7. The highest BCUT2D eigenvalue weighted by Gasteiger charge is 2.47. The molecule has 4 rings (SSSR count). The molecule has 3 aliphatic heterocycles. The number of rotatable bonds is 8. The Labute approximate surface area is 160 Å². The van der Waals surface area contributed by atoms with Gasteiger partial charge in [-0.15, -0.1) is 0 Å². The molecule has 0 spiro atoms. The summed E-state index contributed by atoms with van der Waals surface area (Å²) in [5.74, 6) is -1.23. The molecule has 3 fully saturated rings. The number of benzene rings is 1. The Balaban J connectivity index is 1.53. The van der Waals surface area contributed by atoms with Crippen LogP contribution in [0.2, 0.25) is 0 Å². The van der Waals surface area contributed by atoms with Gasteiger partial charge in [0.1, 0.15) is 23.9 Å². The summed E-state index contributed by atoms with van der Waals surface area (Å²) in [5, 5.41) is 2.25. The van der Waals surface area contributed by atoms with E-state index in [4.69, 9.17) is 4.74 Å². The Morgan fingerprint density at radius 3 is 2.48 bits per heavy atom. The summed E-state index contributed by atoms with van der Waals surface area (Å²) in [6.45, 7) is 6.49. The summed E-state index contributed by atoms with van der Waals surface area (Å²) in [7, 11) is 0. The highest BCUT2D eigenvalue weighted by Crippen LogP contribution is 2.36. The molecule has 0 aromatic heterocycles. The molecule has 6 heteroatoms. The van der Waals surface area contributed by atoms with Gasteiger partial charge in [0.05, 0.1) is 19.6 Å². The zero-order valence-corrected chi connectivity index (χ0v) is 16.2. The Morgan fingerprint density at radius 2 is 1.81 bits per heavy atom. The van der Waals surface area contributed by atoms with Gasteiger partial charge in [-0.3, -0.25) is 5.32 Å². The first-order chi connectivity index (χ1) is 13.0. The van der Waals surface area contributed by atoms with Crippen LogP contribution in [0.15, 0.2) is 18.2 Å². The van der Waals surface area contributed by atoms with Crippen molar-refractivity contribution in [3.63, 3.8) is 0 Å². The van der Waals surface area contributed by atoms with E-state index in [9.17, 15) is 13.6 Å². The number of amides is 1. The first-order valence-electron chi connectivity index (χ1n) is 10.3. The van der Waals surface area contributed by atoms with Gasteiger partial charge in [-0.05, 0) is 25.0 Å². The summed E-state index contributed by atoms with van der Waals surface area (Å²) in [5.41, 5.74) is -0.441. The third kappa shape index (κ3) is 4.98. The van der Waals surface area contributed by atoms with Crippen molar-refractivity contribution < 1.29 is 22.8 Å². The molecule has 1 aromatic carbocycles. The fraction of sp³-hybridized carbons (Fsp3) is 0.667. The number of piperidine rings is 3. The van der Waals surface area contributed by atoms with Gasteiger partial charge in [-0.25, -0.2) is 13.6 Å². The third-order valence-corrected chi connectivity index (χ3v) is 6.23. The molecular weight excluding hydrogens is 350 g/mol. The van der Waals surface area contributed by atoms with E-state index in [1.807, 2.05) is 0 Å². The number of unbranched alkanes of at least 4 members (excludes halogenated alkanes) is 4. The average Bonchev–Trinajstić information content (AvgIpc) is 2.65. The van der Waals surface area contributed by atoms with Crippen LogP contribution in [0.25, 0.3) is 0 Å². The van der Waals surface area contributed by atoms with Crippen molar-refractivity contribution in [1.82, 2.24) is 0 Å². The Bertz CT molecular complexity index is 625. The number of halogens is 2. The SMILES string of the molecule is CCCCCCC[N+]12CCC(CC1)[C@@H](OC(=O)Nc1c(F)cccc1F)C2. The molecule has 150 valence electrons. The van der Waals surface area contributed by atoms with E-state index in [0.717, 1.165) is 55.6 Å². The molecule has 3 aliphatic rings. The highest BCUT2D eigenvalue weighted by molar-refractivity contribution is 5.85. The van der Waals surface area contributed by atoms with E-state index in [-0.39, 0.29) is 6.10 Å². The number of carbonyl (C=O) groups excluding carboxylic acids is 1. The van der Waals surface area contributed by atoms with Gasteiger partial charge in [0.15, 0.2) is 6.10 Å². The zero-order valence-electron chi connectivity index (χ0n) is 16.2. The molecule has 1 aromatic rings. The molecule has 27 heavy (non-hydrogen) atoms. The molecule has 0 saturated carbocycles. The van der Waals surface area contributed by atoms with Crippen molar-refractivity contribution in [1.29, 1.82) is 0 Å². The lowest BCUT2D eigenvalue weighted by molar-refractivity contribution is -0.946. The summed E-state index contributed by atoms with van der Waals surface area (Å²) in [6, 6.07) is 3.50. The number of para-hydroxylation sites is 1. The van der Waals surface area contributed by atoms with Crippen molar-refractivity contribution in [3.8, 4) is 0 Å². The number of hydrogen-bond donors (Lipinski definition) is 1. The predicted octanol–water partition coefficient (Wildman–Crippen LogP) is 5.09. The minimum Gasteiger partial charge on any atom is -0.440 e. The number of carbonyl (C=O) groups is 1. The van der Waals surface area contributed by atoms with Crippen LogP contribution in [0.3, 0.4) is 0 Å². The van der Waals surface area contributed by atoms with Crippen LogP contribution in [-0.4, -0.2) is 42.9 Å². The van der Waals surface area contributed by atoms with Crippen LogP contribution in [-0.2, 0) is 4.74 Å². The van der Waals surface area contributed by atoms with E-state index < -0.39 is 23.4 Å². The topological polar surface area (TPSA) is 38.3 Å². The second-order valence-corrected chi connectivity index (χ2v) is 8.11. The molecule has 4 nitrogen and oxygen atoms in total. The monoisotopic (exact) mass is 381 g/mol. The maximum Gasteiger partial charge on any atom is 0.412 e. The average molecular weight is 381 g/mol. The fourth-order valence-electron chi connectivity index (χ4n) is 4.61. The largest absolute Gasteiger partial charge is 0.440 e. The van der Waals surface area contributed by atoms with Crippen molar-refractivity contribution in [3.05, 3.63) is 29.8 Å². The summed E-state index contributed by atoms with van der Waals surface area (Å²) in [6.07, 6.45) is 7.48. The van der Waals surface area contributed by atoms with Crippen LogP contribution in [0.4, 0.5) is 19.3 Å². The number of ether oxygens (including phenoxy) is 1. The molecule has 0 unspecified atom stereocenters. The maximum absolute atomic E-state index is 13.7. The van der Waals surface area contributed by atoms with Crippen molar-refractivity contribution in [2.45, 2.75) is 58.0 Å². The lowest BCUT2D eigenvalue weighted by Gasteiger charge is -2.52. The number of nitrogens with zero attached hydrogens (tertiary/aromatic N) is 1. The van der Waals surface area contributed by atoms with Crippen LogP contribution < -0.4 is 5.32 Å². The lowest BCUT2D eigenvalue weighted by Crippen LogP contribution is -2.64. The van der Waals surface area contributed by atoms with Gasteiger partial charge in [-0.2, -0.15) is 0 Å². The summed E-state index contributed by atoms with van der Waals surface area (Å²) < 4.78 is 34.1. The van der Waals surface area contributed by atoms with Gasteiger partial charge in [-0.1, -0.05) is 32.3 Å². The van der Waals surface area contributed by atoms with Crippen molar-refractivity contribution in [2.75, 3.05) is 31.5 Å². The Hall–Kier alpha value is -1.69. The van der Waals surface area contributed by atoms with E-state index in [2.05, 4.69) is 12.2 Å². The third-order valence-electron chi connectivity index (χ3n) is 6.23. The molecule has 2 bridgehead atoms. The van der Waals surface area contributed by atoms with Crippen LogP contribution in [0, 0.1) is 17.6 Å². The Kier molecular flexibility index (Phi) is 6.68. The number of anilines is 1. The van der Waals surface area contributed by atoms with E-state index in [1.165, 1.54) is 38.2 Å². The smallest absolute Gasteiger partial charge is 0.412 e. The summed E-state index contributed by atoms with van der Waals surface area (Å²) in [4.78, 5) is 12.2. The predicted molar refractivity (Wildman–Crippen MR) is 101 cm³/mol. The molecule has 3 saturated heterocycles. The molecule has 1 atom stereocenters. The standard InChI is InChI=1S/C21H30F2N2O2/c1-2-3-4-5-6-12-25-13-10-16(11-14-25)19(15-25)27-21(26)24-20-17(22)8-7-9-18(20)23/h7-9,16,19H,2-6,10-15H2,1H3/p+1/t16?,19-,25?/m0/s1. The van der Waals surface area contributed by atoms with E-state index in [0.29, 0.717) is 5.92 Å². The Morgan fingerprint density at radius 1 is 1.15 bits per heavy atom. The minimum absolute atomic E-state index is 0.169. The van der Waals surface area contributed by atoms with Crippen LogP contribution >= 0.6 is 0 Å². The normalized spacial score (nSPS) is 26.8. The van der Waals surface area contributed by atoms with E-state index >= 15 is 0 Å². The second-order valence-electron chi connectivity index (χ2n) is 8.11. The molecule has 0 aliphatic carbocycles. The fourth-order valence-corrected chi connectivity index (χ4v) is 4.61. The molecule has 1 N–H and O–H groups in total. The number of quaternary nitrogens is 1. The van der Waals surface area contributed by atoms with Gasteiger partial charge < -0.3 is 9.22 Å². The molecule has 3 heterocycles. The van der Waals surface area contributed by atoms with Gasteiger partial charge in [0, 0.05) is 18.8 Å². The summed E-state index contributed by atoms with van der Waals surface area (Å²) >= 11 is 0. The van der Waals surface area contributed by atoms with Gasteiger partial charge >= 0.3 is 6.09 Å². The van der Waals surface area contributed by atoms with Gasteiger partial charge in [0.25, 0.3) is 0 Å². The number of fused-ring (bicyclic) bond motifs is 3.